The van der Waals surface area contributed by atoms with E-state index in [2.05, 4.69) is 5.32 Å². The summed E-state index contributed by atoms with van der Waals surface area (Å²) in [6.07, 6.45) is 6.34. The molecule has 0 unspecified atom stereocenters. The predicted octanol–water partition coefficient (Wildman–Crippen LogP) is 2.16. The number of hydrogen-bond donors (Lipinski definition) is 3. The van der Waals surface area contributed by atoms with E-state index in [-0.39, 0.29) is 17.2 Å². The number of carboxylic acid groups (broad SMARTS) is 1. The van der Waals surface area contributed by atoms with E-state index in [4.69, 9.17) is 5.11 Å². The van der Waals surface area contributed by atoms with Crippen molar-refractivity contribution in [1.29, 1.82) is 0 Å². The highest BCUT2D eigenvalue weighted by atomic mass is 16.4. The standard InChI is InChI=1S/C13H13NO4/c1-2-3-4-5-12(16)14-9-6-7-11(15)10(8-9)13(17)18/h2-8,15H,1H3,(H,14,16)(H,17,18). The lowest BCUT2D eigenvalue weighted by Gasteiger charge is -2.04. The Labute approximate surface area is 104 Å². The maximum Gasteiger partial charge on any atom is 0.339 e. The fourth-order valence-corrected chi connectivity index (χ4v) is 1.22. The SMILES string of the molecule is CC=CC=CC(=O)Nc1ccc(O)c(C(=O)O)c1. The number of allylic oxidation sites excluding steroid dienone is 3. The first-order valence-electron chi connectivity index (χ1n) is 5.21. The molecule has 0 saturated carbocycles. The fourth-order valence-electron chi connectivity index (χ4n) is 1.22. The summed E-state index contributed by atoms with van der Waals surface area (Å²) in [5.74, 6) is -1.98. The topological polar surface area (TPSA) is 86.6 Å². The van der Waals surface area contributed by atoms with Crippen LogP contribution in [0.3, 0.4) is 0 Å². The van der Waals surface area contributed by atoms with E-state index in [1.165, 1.54) is 24.3 Å². The summed E-state index contributed by atoms with van der Waals surface area (Å²) in [4.78, 5) is 22.2. The summed E-state index contributed by atoms with van der Waals surface area (Å²) >= 11 is 0. The summed E-state index contributed by atoms with van der Waals surface area (Å²) in [7, 11) is 0. The number of hydrogen-bond acceptors (Lipinski definition) is 3. The third-order valence-corrected chi connectivity index (χ3v) is 2.05. The second-order valence-corrected chi connectivity index (χ2v) is 3.41. The molecule has 0 atom stereocenters. The Morgan fingerprint density at radius 2 is 2.00 bits per heavy atom. The first-order valence-corrected chi connectivity index (χ1v) is 5.21. The quantitative estimate of drug-likeness (QED) is 0.432. The smallest absolute Gasteiger partial charge is 0.339 e. The highest BCUT2D eigenvalue weighted by molar-refractivity contribution is 6.00. The number of carbonyl (C=O) groups excluding carboxylic acids is 1. The molecule has 1 aromatic rings. The van der Waals surface area contributed by atoms with Crippen molar-refractivity contribution in [1.82, 2.24) is 0 Å². The molecule has 5 nitrogen and oxygen atoms in total. The van der Waals surface area contributed by atoms with Crippen molar-refractivity contribution in [3.05, 3.63) is 48.1 Å². The van der Waals surface area contributed by atoms with Crippen molar-refractivity contribution < 1.29 is 19.8 Å². The molecule has 0 fully saturated rings. The van der Waals surface area contributed by atoms with E-state index in [1.807, 2.05) is 6.92 Å². The third kappa shape index (κ3) is 3.79. The first-order chi connectivity index (χ1) is 8.54. The molecule has 3 N–H and O–H groups in total. The van der Waals surface area contributed by atoms with Crippen LogP contribution in [0.1, 0.15) is 17.3 Å². The van der Waals surface area contributed by atoms with Gasteiger partial charge in [-0.15, -0.1) is 0 Å². The van der Waals surface area contributed by atoms with Gasteiger partial charge in [0.1, 0.15) is 11.3 Å². The molecule has 0 aliphatic heterocycles. The van der Waals surface area contributed by atoms with Gasteiger partial charge >= 0.3 is 5.97 Å². The average Bonchev–Trinajstić information content (AvgIpc) is 2.31. The van der Waals surface area contributed by atoms with Crippen molar-refractivity contribution in [3.8, 4) is 5.75 Å². The normalized spacial score (nSPS) is 10.9. The molecule has 0 saturated heterocycles. The van der Waals surface area contributed by atoms with Gasteiger partial charge in [0.2, 0.25) is 5.91 Å². The molecule has 0 bridgehead atoms. The Bertz CT molecular complexity index is 518. The van der Waals surface area contributed by atoms with Crippen LogP contribution < -0.4 is 5.32 Å². The van der Waals surface area contributed by atoms with Crippen LogP contribution in [0.5, 0.6) is 5.75 Å². The summed E-state index contributed by atoms with van der Waals surface area (Å²) in [6, 6.07) is 3.83. The molecule has 94 valence electrons. The molecule has 0 heterocycles. The number of anilines is 1. The van der Waals surface area contributed by atoms with Crippen LogP contribution in [0.25, 0.3) is 0 Å². The summed E-state index contributed by atoms with van der Waals surface area (Å²) in [6.45, 7) is 1.82. The minimum Gasteiger partial charge on any atom is -0.507 e. The van der Waals surface area contributed by atoms with Crippen LogP contribution in [0.4, 0.5) is 5.69 Å². The zero-order valence-corrected chi connectivity index (χ0v) is 9.75. The Morgan fingerprint density at radius 3 is 2.61 bits per heavy atom. The molecular weight excluding hydrogens is 234 g/mol. The van der Waals surface area contributed by atoms with E-state index in [9.17, 15) is 14.7 Å². The van der Waals surface area contributed by atoms with E-state index in [0.717, 1.165) is 0 Å². The van der Waals surface area contributed by atoms with Crippen LogP contribution in [-0.2, 0) is 4.79 Å². The molecule has 0 radical (unpaired) electrons. The fraction of sp³-hybridized carbons (Fsp3) is 0.0769. The Kier molecular flexibility index (Phi) is 4.68. The number of carboxylic acids is 1. The lowest BCUT2D eigenvalue weighted by molar-refractivity contribution is -0.111. The Hall–Kier alpha value is -2.56. The zero-order chi connectivity index (χ0) is 13.5. The minimum absolute atomic E-state index is 0.259. The molecule has 0 spiro atoms. The largest absolute Gasteiger partial charge is 0.507 e. The van der Waals surface area contributed by atoms with Crippen LogP contribution in [0, 0.1) is 0 Å². The molecule has 0 aliphatic rings. The molecule has 0 aliphatic carbocycles. The zero-order valence-electron chi connectivity index (χ0n) is 9.75. The van der Waals surface area contributed by atoms with Gasteiger partial charge in [0, 0.05) is 11.8 Å². The predicted molar refractivity (Wildman–Crippen MR) is 67.6 cm³/mol. The van der Waals surface area contributed by atoms with Gasteiger partial charge < -0.3 is 15.5 Å². The third-order valence-electron chi connectivity index (χ3n) is 2.05. The summed E-state index contributed by atoms with van der Waals surface area (Å²) < 4.78 is 0. The molecule has 5 heteroatoms. The van der Waals surface area contributed by atoms with Crippen molar-refractivity contribution in [2.75, 3.05) is 5.32 Å². The van der Waals surface area contributed by atoms with E-state index in [0.29, 0.717) is 5.69 Å². The van der Waals surface area contributed by atoms with Crippen molar-refractivity contribution in [2.45, 2.75) is 6.92 Å². The lowest BCUT2D eigenvalue weighted by Crippen LogP contribution is -2.08. The second kappa shape index (κ2) is 6.24. The Morgan fingerprint density at radius 1 is 1.28 bits per heavy atom. The summed E-state index contributed by atoms with van der Waals surface area (Å²) in [5.41, 5.74) is 0.0468. The van der Waals surface area contributed by atoms with E-state index < -0.39 is 5.97 Å². The molecular formula is C13H13NO4. The summed E-state index contributed by atoms with van der Waals surface area (Å²) in [5, 5.41) is 20.6. The van der Waals surface area contributed by atoms with Crippen LogP contribution >= 0.6 is 0 Å². The van der Waals surface area contributed by atoms with Crippen molar-refractivity contribution in [3.63, 3.8) is 0 Å². The lowest BCUT2D eigenvalue weighted by atomic mass is 10.2. The number of phenols is 1. The van der Waals surface area contributed by atoms with Gasteiger partial charge in [-0.2, -0.15) is 0 Å². The number of aromatic carboxylic acids is 1. The van der Waals surface area contributed by atoms with Gasteiger partial charge in [0.25, 0.3) is 0 Å². The molecule has 1 rings (SSSR count). The number of rotatable bonds is 4. The Balaban J connectivity index is 2.83. The second-order valence-electron chi connectivity index (χ2n) is 3.41. The average molecular weight is 247 g/mol. The number of carbonyl (C=O) groups is 2. The maximum atomic E-state index is 11.4. The molecule has 0 aromatic heterocycles. The molecule has 1 amide bonds. The van der Waals surface area contributed by atoms with E-state index >= 15 is 0 Å². The number of amides is 1. The van der Waals surface area contributed by atoms with Gasteiger partial charge in [-0.3, -0.25) is 4.79 Å². The van der Waals surface area contributed by atoms with Gasteiger partial charge in [-0.1, -0.05) is 18.2 Å². The minimum atomic E-state index is -1.26. The van der Waals surface area contributed by atoms with Crippen molar-refractivity contribution in [2.24, 2.45) is 0 Å². The van der Waals surface area contributed by atoms with Gasteiger partial charge in [-0.25, -0.2) is 4.79 Å². The van der Waals surface area contributed by atoms with Gasteiger partial charge in [0.15, 0.2) is 0 Å². The highest BCUT2D eigenvalue weighted by Crippen LogP contribution is 2.21. The highest BCUT2D eigenvalue weighted by Gasteiger charge is 2.10. The van der Waals surface area contributed by atoms with E-state index in [1.54, 1.807) is 18.2 Å². The number of benzene rings is 1. The van der Waals surface area contributed by atoms with Gasteiger partial charge in [0.05, 0.1) is 0 Å². The monoisotopic (exact) mass is 247 g/mol. The van der Waals surface area contributed by atoms with Crippen LogP contribution in [-0.4, -0.2) is 22.1 Å². The van der Waals surface area contributed by atoms with Crippen LogP contribution in [0.15, 0.2) is 42.5 Å². The van der Waals surface area contributed by atoms with Crippen molar-refractivity contribution >= 4 is 17.6 Å². The van der Waals surface area contributed by atoms with Crippen LogP contribution in [0.2, 0.25) is 0 Å². The number of nitrogens with one attached hydrogen (secondary N) is 1. The number of aromatic hydroxyl groups is 1. The van der Waals surface area contributed by atoms with Gasteiger partial charge in [-0.05, 0) is 25.1 Å². The maximum absolute atomic E-state index is 11.4. The molecule has 1 aromatic carbocycles. The first kappa shape index (κ1) is 13.5. The molecule has 18 heavy (non-hydrogen) atoms.